The third-order valence-electron chi connectivity index (χ3n) is 3.23. The van der Waals surface area contributed by atoms with Crippen molar-refractivity contribution in [2.45, 2.75) is 26.7 Å². The zero-order valence-corrected chi connectivity index (χ0v) is 11.0. The molecule has 0 saturated carbocycles. The number of rotatable bonds is 6. The van der Waals surface area contributed by atoms with Gasteiger partial charge in [-0.1, -0.05) is 32.4 Å². The van der Waals surface area contributed by atoms with E-state index in [1.165, 1.54) is 6.07 Å². The van der Waals surface area contributed by atoms with E-state index in [0.29, 0.717) is 12.2 Å². The third-order valence-corrected chi connectivity index (χ3v) is 3.23. The molecule has 0 aliphatic rings. The van der Waals surface area contributed by atoms with Crippen molar-refractivity contribution in [1.29, 1.82) is 0 Å². The first kappa shape index (κ1) is 14.0. The maximum Gasteiger partial charge on any atom is 0.146 e. The average molecular weight is 238 g/mol. The Morgan fingerprint density at radius 1 is 1.35 bits per heavy atom. The van der Waals surface area contributed by atoms with Crippen molar-refractivity contribution in [3.63, 3.8) is 0 Å². The molecule has 0 bridgehead atoms. The van der Waals surface area contributed by atoms with E-state index < -0.39 is 0 Å². The smallest absolute Gasteiger partial charge is 0.146 e. The summed E-state index contributed by atoms with van der Waals surface area (Å²) in [5, 5.41) is 0. The second kappa shape index (κ2) is 6.01. The Kier molecular flexibility index (Phi) is 4.94. The van der Waals surface area contributed by atoms with Crippen LogP contribution in [0.4, 0.5) is 10.1 Å². The predicted molar refractivity (Wildman–Crippen MR) is 71.7 cm³/mol. The first-order valence-electron chi connectivity index (χ1n) is 6.18. The van der Waals surface area contributed by atoms with Crippen molar-refractivity contribution >= 4 is 5.69 Å². The van der Waals surface area contributed by atoms with Gasteiger partial charge in [-0.3, -0.25) is 0 Å². The SMILES string of the molecule is CCCC(C)(CN)CN(C)c1ccccc1F. The summed E-state index contributed by atoms with van der Waals surface area (Å²) in [7, 11) is 1.92. The molecule has 1 unspecified atom stereocenters. The van der Waals surface area contributed by atoms with Crippen LogP contribution in [-0.4, -0.2) is 20.1 Å². The Morgan fingerprint density at radius 2 is 2.00 bits per heavy atom. The van der Waals surface area contributed by atoms with E-state index in [2.05, 4.69) is 13.8 Å². The molecule has 0 aliphatic carbocycles. The molecular weight excluding hydrogens is 215 g/mol. The molecule has 0 amide bonds. The van der Waals surface area contributed by atoms with E-state index in [-0.39, 0.29) is 11.2 Å². The van der Waals surface area contributed by atoms with E-state index >= 15 is 0 Å². The highest BCUT2D eigenvalue weighted by Gasteiger charge is 2.24. The lowest BCUT2D eigenvalue weighted by Crippen LogP contribution is -2.39. The summed E-state index contributed by atoms with van der Waals surface area (Å²) < 4.78 is 13.6. The van der Waals surface area contributed by atoms with Crippen LogP contribution < -0.4 is 10.6 Å². The number of hydrogen-bond acceptors (Lipinski definition) is 2. The average Bonchev–Trinajstić information content (AvgIpc) is 2.29. The lowest BCUT2D eigenvalue weighted by Gasteiger charge is -2.33. The molecule has 0 fully saturated rings. The summed E-state index contributed by atoms with van der Waals surface area (Å²) in [5.74, 6) is -0.175. The number of benzene rings is 1. The fraction of sp³-hybridized carbons (Fsp3) is 0.571. The normalized spacial score (nSPS) is 14.4. The first-order valence-corrected chi connectivity index (χ1v) is 6.18. The zero-order valence-electron chi connectivity index (χ0n) is 11.0. The van der Waals surface area contributed by atoms with E-state index in [4.69, 9.17) is 5.73 Å². The Morgan fingerprint density at radius 3 is 2.53 bits per heavy atom. The molecule has 0 spiro atoms. The molecule has 1 aromatic rings. The number of hydrogen-bond donors (Lipinski definition) is 1. The summed E-state index contributed by atoms with van der Waals surface area (Å²) in [5.41, 5.74) is 6.53. The molecule has 0 heterocycles. The van der Waals surface area contributed by atoms with Crippen LogP contribution in [-0.2, 0) is 0 Å². The minimum Gasteiger partial charge on any atom is -0.372 e. The molecule has 1 aromatic carbocycles. The molecule has 1 rings (SSSR count). The highest BCUT2D eigenvalue weighted by atomic mass is 19.1. The third kappa shape index (κ3) is 3.70. The number of para-hydroxylation sites is 1. The summed E-state index contributed by atoms with van der Waals surface area (Å²) in [6.07, 6.45) is 2.15. The van der Waals surface area contributed by atoms with Crippen molar-refractivity contribution in [3.8, 4) is 0 Å². The monoisotopic (exact) mass is 238 g/mol. The Labute approximate surface area is 104 Å². The van der Waals surface area contributed by atoms with Crippen molar-refractivity contribution < 1.29 is 4.39 Å². The highest BCUT2D eigenvalue weighted by Crippen LogP contribution is 2.26. The summed E-state index contributed by atoms with van der Waals surface area (Å²) in [4.78, 5) is 1.96. The molecule has 3 heteroatoms. The van der Waals surface area contributed by atoms with Gasteiger partial charge in [-0.25, -0.2) is 4.39 Å². The van der Waals surface area contributed by atoms with Gasteiger partial charge in [0, 0.05) is 13.6 Å². The van der Waals surface area contributed by atoms with Crippen molar-refractivity contribution in [1.82, 2.24) is 0 Å². The van der Waals surface area contributed by atoms with Crippen molar-refractivity contribution in [2.24, 2.45) is 11.1 Å². The van der Waals surface area contributed by atoms with E-state index in [1.807, 2.05) is 18.0 Å². The maximum absolute atomic E-state index is 13.6. The summed E-state index contributed by atoms with van der Waals surface area (Å²) in [6, 6.07) is 6.86. The Balaban J connectivity index is 2.77. The van der Waals surface area contributed by atoms with Gasteiger partial charge in [-0.05, 0) is 30.5 Å². The van der Waals surface area contributed by atoms with Crippen LogP contribution in [0.1, 0.15) is 26.7 Å². The molecule has 0 aromatic heterocycles. The molecule has 0 saturated heterocycles. The molecule has 2 nitrogen and oxygen atoms in total. The zero-order chi connectivity index (χ0) is 12.9. The van der Waals surface area contributed by atoms with Crippen molar-refractivity contribution in [2.75, 3.05) is 25.0 Å². The van der Waals surface area contributed by atoms with Crippen LogP contribution in [0.2, 0.25) is 0 Å². The fourth-order valence-corrected chi connectivity index (χ4v) is 2.27. The van der Waals surface area contributed by atoms with Gasteiger partial charge < -0.3 is 10.6 Å². The number of halogens is 1. The summed E-state index contributed by atoms with van der Waals surface area (Å²) >= 11 is 0. The number of anilines is 1. The van der Waals surface area contributed by atoms with Gasteiger partial charge in [0.15, 0.2) is 0 Å². The predicted octanol–water partition coefficient (Wildman–Crippen LogP) is 3.03. The Bertz CT molecular complexity index is 354. The molecule has 0 radical (unpaired) electrons. The number of nitrogens with two attached hydrogens (primary N) is 1. The highest BCUT2D eigenvalue weighted by molar-refractivity contribution is 5.46. The largest absolute Gasteiger partial charge is 0.372 e. The summed E-state index contributed by atoms with van der Waals surface area (Å²) in [6.45, 7) is 5.71. The maximum atomic E-state index is 13.6. The van der Waals surface area contributed by atoms with Gasteiger partial charge in [0.25, 0.3) is 0 Å². The van der Waals surface area contributed by atoms with Gasteiger partial charge >= 0.3 is 0 Å². The van der Waals surface area contributed by atoms with Gasteiger partial charge in [-0.15, -0.1) is 0 Å². The quantitative estimate of drug-likeness (QED) is 0.825. The van der Waals surface area contributed by atoms with Crippen LogP contribution >= 0.6 is 0 Å². The molecule has 2 N–H and O–H groups in total. The van der Waals surface area contributed by atoms with Gasteiger partial charge in [0.1, 0.15) is 5.82 Å². The van der Waals surface area contributed by atoms with Gasteiger partial charge in [-0.2, -0.15) is 0 Å². The molecule has 0 aliphatic heterocycles. The lowest BCUT2D eigenvalue weighted by molar-refractivity contribution is 0.311. The number of nitrogens with zero attached hydrogens (tertiary/aromatic N) is 1. The second-order valence-electron chi connectivity index (χ2n) is 5.07. The molecule has 1 atom stereocenters. The van der Waals surface area contributed by atoms with E-state index in [0.717, 1.165) is 19.4 Å². The topological polar surface area (TPSA) is 29.3 Å². The van der Waals surface area contributed by atoms with Crippen LogP contribution in [0.5, 0.6) is 0 Å². The first-order chi connectivity index (χ1) is 8.02. The fourth-order valence-electron chi connectivity index (χ4n) is 2.27. The van der Waals surface area contributed by atoms with Crippen LogP contribution in [0.25, 0.3) is 0 Å². The lowest BCUT2D eigenvalue weighted by atomic mass is 9.85. The minimum atomic E-state index is -0.175. The molecule has 96 valence electrons. The second-order valence-corrected chi connectivity index (χ2v) is 5.07. The van der Waals surface area contributed by atoms with Crippen molar-refractivity contribution in [3.05, 3.63) is 30.1 Å². The van der Waals surface area contributed by atoms with E-state index in [9.17, 15) is 4.39 Å². The minimum absolute atomic E-state index is 0.0474. The van der Waals surface area contributed by atoms with Crippen LogP contribution in [0.15, 0.2) is 24.3 Å². The Hall–Kier alpha value is -1.09. The molecular formula is C14H23FN2. The van der Waals surface area contributed by atoms with Crippen LogP contribution in [0.3, 0.4) is 0 Å². The van der Waals surface area contributed by atoms with Crippen LogP contribution in [0, 0.1) is 11.2 Å². The van der Waals surface area contributed by atoms with E-state index in [1.54, 1.807) is 12.1 Å². The standard InChI is InChI=1S/C14H23FN2/c1-4-9-14(2,10-16)11-17(3)13-8-6-5-7-12(13)15/h5-8H,4,9-11,16H2,1-3H3. The van der Waals surface area contributed by atoms with Gasteiger partial charge in [0.05, 0.1) is 5.69 Å². The van der Waals surface area contributed by atoms with Gasteiger partial charge in [0.2, 0.25) is 0 Å². The molecule has 17 heavy (non-hydrogen) atoms.